The van der Waals surface area contributed by atoms with Crippen LogP contribution < -0.4 is 4.74 Å². The van der Waals surface area contributed by atoms with Gasteiger partial charge in [-0.25, -0.2) is 0 Å². The van der Waals surface area contributed by atoms with Gasteiger partial charge in [0.15, 0.2) is 0 Å². The van der Waals surface area contributed by atoms with Gasteiger partial charge in [-0.1, -0.05) is 31.5 Å². The van der Waals surface area contributed by atoms with Crippen molar-refractivity contribution < 1.29 is 24.2 Å². The largest absolute Gasteiger partial charge is 0.507 e. The summed E-state index contributed by atoms with van der Waals surface area (Å²) in [6, 6.07) is 10.3. The minimum Gasteiger partial charge on any atom is -0.507 e. The number of morpholine rings is 1. The first-order valence-corrected chi connectivity index (χ1v) is 12.3. The average molecular weight is 471 g/mol. The van der Waals surface area contributed by atoms with Crippen LogP contribution in [0.25, 0.3) is 5.76 Å². The summed E-state index contributed by atoms with van der Waals surface area (Å²) < 4.78 is 11.2. The number of benzene rings is 1. The molecule has 3 heterocycles. The summed E-state index contributed by atoms with van der Waals surface area (Å²) in [6.07, 6.45) is 1.96. The zero-order valence-corrected chi connectivity index (χ0v) is 19.7. The first kappa shape index (κ1) is 23.5. The highest BCUT2D eigenvalue weighted by atomic mass is 32.1. The number of nitrogens with zero attached hydrogens (tertiary/aromatic N) is 2. The van der Waals surface area contributed by atoms with Gasteiger partial charge in [-0.05, 0) is 30.0 Å². The second-order valence-corrected chi connectivity index (χ2v) is 9.17. The lowest BCUT2D eigenvalue weighted by molar-refractivity contribution is -0.140. The summed E-state index contributed by atoms with van der Waals surface area (Å²) in [4.78, 5) is 30.8. The van der Waals surface area contributed by atoms with Crippen molar-refractivity contribution in [3.8, 4) is 5.75 Å². The molecule has 1 N–H and O–H groups in total. The third-order valence-corrected chi connectivity index (χ3v) is 6.91. The van der Waals surface area contributed by atoms with Gasteiger partial charge < -0.3 is 19.5 Å². The molecule has 0 bridgehead atoms. The van der Waals surface area contributed by atoms with Gasteiger partial charge in [0.2, 0.25) is 0 Å². The first-order valence-electron chi connectivity index (χ1n) is 11.4. The highest BCUT2D eigenvalue weighted by Gasteiger charge is 2.46. The monoisotopic (exact) mass is 470 g/mol. The molecule has 1 aromatic heterocycles. The lowest BCUT2D eigenvalue weighted by Crippen LogP contribution is -2.42. The van der Waals surface area contributed by atoms with Gasteiger partial charge in [-0.15, -0.1) is 11.3 Å². The van der Waals surface area contributed by atoms with Gasteiger partial charge in [0.1, 0.15) is 11.5 Å². The molecule has 2 fully saturated rings. The number of thiophene rings is 1. The second kappa shape index (κ2) is 11.0. The molecule has 2 aliphatic rings. The quantitative estimate of drug-likeness (QED) is 0.261. The minimum atomic E-state index is -0.648. The van der Waals surface area contributed by atoms with Crippen molar-refractivity contribution in [2.24, 2.45) is 0 Å². The Morgan fingerprint density at radius 3 is 2.73 bits per heavy atom. The zero-order valence-electron chi connectivity index (χ0n) is 18.9. The van der Waals surface area contributed by atoms with Crippen LogP contribution in [0.3, 0.4) is 0 Å². The fourth-order valence-electron chi connectivity index (χ4n) is 4.15. The fourth-order valence-corrected chi connectivity index (χ4v) is 5.00. The van der Waals surface area contributed by atoms with Gasteiger partial charge in [0.25, 0.3) is 11.7 Å². The van der Waals surface area contributed by atoms with Crippen molar-refractivity contribution in [3.63, 3.8) is 0 Å². The number of carbonyl (C=O) groups excluding carboxylic acids is 2. The van der Waals surface area contributed by atoms with E-state index in [0.717, 1.165) is 30.8 Å². The maximum Gasteiger partial charge on any atom is 0.295 e. The number of aliphatic hydroxyl groups is 1. The SMILES string of the molecule is CCCCOc1cccc(/C(O)=C2\C(=O)C(=O)N(CCN3CCOCC3)C2c2cccs2)c1. The third kappa shape index (κ3) is 5.29. The highest BCUT2D eigenvalue weighted by Crippen LogP contribution is 2.41. The van der Waals surface area contributed by atoms with Crippen LogP contribution in [-0.2, 0) is 14.3 Å². The Labute approximate surface area is 198 Å². The predicted octanol–water partition coefficient (Wildman–Crippen LogP) is 3.68. The number of hydrogen-bond donors (Lipinski definition) is 1. The molecule has 1 amide bonds. The molecule has 7 nitrogen and oxygen atoms in total. The Hall–Kier alpha value is -2.68. The number of amides is 1. The molecular weight excluding hydrogens is 440 g/mol. The van der Waals surface area contributed by atoms with Crippen molar-refractivity contribution in [1.29, 1.82) is 0 Å². The smallest absolute Gasteiger partial charge is 0.295 e. The summed E-state index contributed by atoms with van der Waals surface area (Å²) in [5.74, 6) is -0.757. The zero-order chi connectivity index (χ0) is 23.2. The van der Waals surface area contributed by atoms with Crippen molar-refractivity contribution >= 4 is 28.8 Å². The summed E-state index contributed by atoms with van der Waals surface area (Å²) >= 11 is 1.47. The van der Waals surface area contributed by atoms with Crippen LogP contribution >= 0.6 is 11.3 Å². The number of likely N-dealkylation sites (tertiary alicyclic amines) is 1. The molecule has 2 saturated heterocycles. The van der Waals surface area contributed by atoms with E-state index < -0.39 is 17.7 Å². The molecule has 0 saturated carbocycles. The lowest BCUT2D eigenvalue weighted by atomic mass is 9.99. The van der Waals surface area contributed by atoms with Gasteiger partial charge in [-0.3, -0.25) is 14.5 Å². The number of ether oxygens (including phenoxy) is 2. The van der Waals surface area contributed by atoms with E-state index in [0.29, 0.717) is 44.2 Å². The molecule has 2 aliphatic heterocycles. The van der Waals surface area contributed by atoms with E-state index in [4.69, 9.17) is 9.47 Å². The van der Waals surface area contributed by atoms with Crippen molar-refractivity contribution in [3.05, 3.63) is 57.8 Å². The van der Waals surface area contributed by atoms with Crippen LogP contribution in [0.5, 0.6) is 5.75 Å². The van der Waals surface area contributed by atoms with Crippen LogP contribution in [0.15, 0.2) is 47.4 Å². The second-order valence-electron chi connectivity index (χ2n) is 8.19. The third-order valence-electron chi connectivity index (χ3n) is 5.99. The van der Waals surface area contributed by atoms with Crippen LogP contribution in [0.1, 0.15) is 36.2 Å². The van der Waals surface area contributed by atoms with Crippen molar-refractivity contribution in [2.45, 2.75) is 25.8 Å². The molecule has 0 radical (unpaired) electrons. The number of ketones is 1. The van der Waals surface area contributed by atoms with Crippen LogP contribution in [-0.4, -0.2) is 72.6 Å². The lowest BCUT2D eigenvalue weighted by Gasteiger charge is -2.30. The normalized spacial score (nSPS) is 21.0. The van der Waals surface area contributed by atoms with E-state index in [9.17, 15) is 14.7 Å². The van der Waals surface area contributed by atoms with E-state index in [1.165, 1.54) is 11.3 Å². The summed E-state index contributed by atoms with van der Waals surface area (Å²) in [6.45, 7) is 6.68. The Bertz CT molecular complexity index is 998. The van der Waals surface area contributed by atoms with Crippen LogP contribution in [0, 0.1) is 0 Å². The van der Waals surface area contributed by atoms with E-state index in [-0.39, 0.29) is 11.3 Å². The number of Topliss-reactive ketones (excluding diaryl/α,β-unsaturated/α-hetero) is 1. The Balaban J connectivity index is 1.64. The number of carbonyl (C=O) groups is 2. The Morgan fingerprint density at radius 1 is 1.18 bits per heavy atom. The highest BCUT2D eigenvalue weighted by molar-refractivity contribution is 7.10. The summed E-state index contributed by atoms with van der Waals surface area (Å²) in [7, 11) is 0. The van der Waals surface area contributed by atoms with E-state index in [1.54, 1.807) is 23.1 Å². The minimum absolute atomic E-state index is 0.134. The topological polar surface area (TPSA) is 79.3 Å². The summed E-state index contributed by atoms with van der Waals surface area (Å²) in [5, 5.41) is 13.1. The van der Waals surface area contributed by atoms with Crippen LogP contribution in [0.4, 0.5) is 0 Å². The summed E-state index contributed by atoms with van der Waals surface area (Å²) in [5.41, 5.74) is 0.604. The first-order chi connectivity index (χ1) is 16.1. The van der Waals surface area contributed by atoms with Gasteiger partial charge in [0, 0.05) is 36.6 Å². The standard InChI is InChI=1S/C25H30N2O5S/c1-2-3-13-32-19-7-4-6-18(17-19)23(28)21-22(20-8-5-16-33-20)27(25(30)24(21)29)10-9-26-11-14-31-15-12-26/h4-8,16-17,22,28H,2-3,9-15H2,1H3/b23-21+. The molecule has 1 unspecified atom stereocenters. The number of hydrogen-bond acceptors (Lipinski definition) is 7. The van der Waals surface area contributed by atoms with Gasteiger partial charge in [0.05, 0.1) is 31.4 Å². The molecule has 1 atom stereocenters. The molecule has 2 aromatic rings. The average Bonchev–Trinajstić information content (AvgIpc) is 3.45. The fraction of sp³-hybridized carbons (Fsp3) is 0.440. The molecule has 8 heteroatoms. The van der Waals surface area contributed by atoms with Crippen molar-refractivity contribution in [1.82, 2.24) is 9.80 Å². The number of rotatable bonds is 9. The molecule has 176 valence electrons. The van der Waals surface area contributed by atoms with E-state index in [1.807, 2.05) is 23.6 Å². The van der Waals surface area contributed by atoms with E-state index in [2.05, 4.69) is 11.8 Å². The van der Waals surface area contributed by atoms with E-state index >= 15 is 0 Å². The maximum atomic E-state index is 13.1. The molecule has 0 spiro atoms. The predicted molar refractivity (Wildman–Crippen MR) is 127 cm³/mol. The molecule has 0 aliphatic carbocycles. The Kier molecular flexibility index (Phi) is 7.80. The van der Waals surface area contributed by atoms with Crippen LogP contribution in [0.2, 0.25) is 0 Å². The maximum absolute atomic E-state index is 13.1. The Morgan fingerprint density at radius 2 is 2.00 bits per heavy atom. The molecular formula is C25H30N2O5S. The van der Waals surface area contributed by atoms with Gasteiger partial charge >= 0.3 is 0 Å². The van der Waals surface area contributed by atoms with Crippen molar-refractivity contribution in [2.75, 3.05) is 46.0 Å². The molecule has 1 aromatic carbocycles. The van der Waals surface area contributed by atoms with Gasteiger partial charge in [-0.2, -0.15) is 0 Å². The number of unbranched alkanes of at least 4 members (excludes halogenated alkanes) is 1. The molecule has 33 heavy (non-hydrogen) atoms. The molecule has 4 rings (SSSR count). The number of aliphatic hydroxyl groups excluding tert-OH is 1.